The van der Waals surface area contributed by atoms with E-state index in [2.05, 4.69) is 24.8 Å². The zero-order chi connectivity index (χ0) is 16.6. The minimum absolute atomic E-state index is 0.259. The predicted octanol–water partition coefficient (Wildman–Crippen LogP) is 4.04. The molecule has 0 aromatic heterocycles. The normalized spacial score (nSPS) is 23.5. The summed E-state index contributed by atoms with van der Waals surface area (Å²) in [6.45, 7) is 4.59. The molecular formula is C20H20O4. The van der Waals surface area contributed by atoms with Crippen LogP contribution in [-0.2, 0) is 19.3 Å². The number of hydrogen-bond donors (Lipinski definition) is 0. The van der Waals surface area contributed by atoms with Gasteiger partial charge in [0, 0.05) is 25.7 Å². The van der Waals surface area contributed by atoms with Gasteiger partial charge in [0.05, 0.1) is 6.61 Å². The summed E-state index contributed by atoms with van der Waals surface area (Å²) < 4.78 is 5.96. The molecule has 1 aliphatic carbocycles. The maximum atomic E-state index is 11.4. The van der Waals surface area contributed by atoms with Crippen molar-refractivity contribution in [1.82, 2.24) is 0 Å². The van der Waals surface area contributed by atoms with E-state index < -0.39 is 5.79 Å². The number of carbonyl (C=O) groups is 1. The van der Waals surface area contributed by atoms with E-state index in [4.69, 9.17) is 14.5 Å². The molecule has 0 bridgehead atoms. The van der Waals surface area contributed by atoms with Crippen LogP contribution in [0.4, 0.5) is 0 Å². The van der Waals surface area contributed by atoms with Gasteiger partial charge in [0.15, 0.2) is 0 Å². The second-order valence-corrected chi connectivity index (χ2v) is 6.48. The molecule has 0 amide bonds. The summed E-state index contributed by atoms with van der Waals surface area (Å²) in [5.74, 6) is -0.501. The van der Waals surface area contributed by atoms with Crippen LogP contribution in [0.2, 0.25) is 0 Å². The zero-order valence-corrected chi connectivity index (χ0v) is 13.5. The standard InChI is InChI=1S/C20H20O4/c1-14(17-8-4-6-15-5-2-3-7-18(15)17)19-13-22-20(24-23-19)11-9-16(21)10-12-20/h2-8,19H,1,9-13H2. The lowest BCUT2D eigenvalue weighted by Crippen LogP contribution is -2.47. The molecule has 2 aromatic rings. The van der Waals surface area contributed by atoms with E-state index in [0.29, 0.717) is 32.3 Å². The van der Waals surface area contributed by atoms with Crippen LogP contribution >= 0.6 is 0 Å². The van der Waals surface area contributed by atoms with Crippen LogP contribution in [0.5, 0.6) is 0 Å². The van der Waals surface area contributed by atoms with Crippen molar-refractivity contribution in [1.29, 1.82) is 0 Å². The fourth-order valence-electron chi connectivity index (χ4n) is 3.40. The van der Waals surface area contributed by atoms with Crippen LogP contribution in [-0.4, -0.2) is 24.3 Å². The third-order valence-corrected chi connectivity index (χ3v) is 4.91. The van der Waals surface area contributed by atoms with E-state index >= 15 is 0 Å². The van der Waals surface area contributed by atoms with Crippen molar-refractivity contribution < 1.29 is 19.3 Å². The van der Waals surface area contributed by atoms with E-state index in [-0.39, 0.29) is 11.9 Å². The fourth-order valence-corrected chi connectivity index (χ4v) is 3.40. The van der Waals surface area contributed by atoms with Gasteiger partial charge in [-0.25, -0.2) is 9.78 Å². The largest absolute Gasteiger partial charge is 0.344 e. The summed E-state index contributed by atoms with van der Waals surface area (Å²) in [6, 6.07) is 14.3. The molecule has 2 fully saturated rings. The molecule has 0 radical (unpaired) electrons. The van der Waals surface area contributed by atoms with E-state index in [1.54, 1.807) is 0 Å². The molecule has 1 saturated heterocycles. The van der Waals surface area contributed by atoms with Crippen LogP contribution in [0, 0.1) is 0 Å². The molecule has 24 heavy (non-hydrogen) atoms. The Bertz CT molecular complexity index is 770. The number of carbonyl (C=O) groups excluding carboxylic acids is 1. The van der Waals surface area contributed by atoms with Crippen LogP contribution in [0.25, 0.3) is 16.3 Å². The maximum Gasteiger partial charge on any atom is 0.202 e. The second-order valence-electron chi connectivity index (χ2n) is 6.48. The lowest BCUT2D eigenvalue weighted by atomic mass is 9.92. The quantitative estimate of drug-likeness (QED) is 0.782. The molecule has 124 valence electrons. The molecule has 1 atom stereocenters. The first-order valence-corrected chi connectivity index (χ1v) is 8.34. The van der Waals surface area contributed by atoms with Gasteiger partial charge in [-0.2, -0.15) is 0 Å². The summed E-state index contributed by atoms with van der Waals surface area (Å²) in [6.07, 6.45) is 1.73. The van der Waals surface area contributed by atoms with Crippen LogP contribution < -0.4 is 0 Å². The Hall–Kier alpha value is -2.01. The van der Waals surface area contributed by atoms with Crippen molar-refractivity contribution >= 4 is 22.1 Å². The van der Waals surface area contributed by atoms with Gasteiger partial charge in [-0.1, -0.05) is 49.0 Å². The lowest BCUT2D eigenvalue weighted by Gasteiger charge is -2.40. The van der Waals surface area contributed by atoms with Gasteiger partial charge in [-0.05, 0) is 21.9 Å². The molecule has 4 rings (SSSR count). The summed E-state index contributed by atoms with van der Waals surface area (Å²) in [7, 11) is 0. The van der Waals surface area contributed by atoms with Crippen molar-refractivity contribution in [2.45, 2.75) is 37.6 Å². The molecule has 2 aromatic carbocycles. The van der Waals surface area contributed by atoms with Gasteiger partial charge < -0.3 is 4.74 Å². The maximum absolute atomic E-state index is 11.4. The smallest absolute Gasteiger partial charge is 0.202 e. The number of ketones is 1. The number of hydrogen-bond acceptors (Lipinski definition) is 4. The first-order valence-electron chi connectivity index (χ1n) is 8.34. The first-order chi connectivity index (χ1) is 11.7. The average Bonchev–Trinajstić information content (AvgIpc) is 2.64. The third kappa shape index (κ3) is 2.77. The Balaban J connectivity index is 1.51. The van der Waals surface area contributed by atoms with Crippen molar-refractivity contribution in [3.8, 4) is 0 Å². The third-order valence-electron chi connectivity index (χ3n) is 4.91. The molecule has 1 unspecified atom stereocenters. The number of rotatable bonds is 2. The second kappa shape index (κ2) is 6.13. The molecule has 4 nitrogen and oxygen atoms in total. The highest BCUT2D eigenvalue weighted by molar-refractivity contribution is 5.94. The summed E-state index contributed by atoms with van der Waals surface area (Å²) in [4.78, 5) is 22.6. The van der Waals surface area contributed by atoms with E-state index in [0.717, 1.165) is 21.9 Å². The summed E-state index contributed by atoms with van der Waals surface area (Å²) in [5.41, 5.74) is 1.88. The monoisotopic (exact) mass is 324 g/mol. The Kier molecular flexibility index (Phi) is 3.96. The van der Waals surface area contributed by atoms with Crippen molar-refractivity contribution in [3.05, 3.63) is 54.6 Å². The Morgan fingerprint density at radius 1 is 1.08 bits per heavy atom. The van der Waals surface area contributed by atoms with Gasteiger partial charge in [0.2, 0.25) is 5.79 Å². The highest BCUT2D eigenvalue weighted by atomic mass is 17.2. The number of fused-ring (bicyclic) bond motifs is 1. The van der Waals surface area contributed by atoms with E-state index in [1.165, 1.54) is 0 Å². The van der Waals surface area contributed by atoms with Gasteiger partial charge >= 0.3 is 0 Å². The molecule has 1 aliphatic heterocycles. The Labute approximate surface area is 140 Å². The number of ether oxygens (including phenoxy) is 1. The van der Waals surface area contributed by atoms with Crippen LogP contribution in [0.1, 0.15) is 31.2 Å². The van der Waals surface area contributed by atoms with Crippen LogP contribution in [0.15, 0.2) is 49.0 Å². The Morgan fingerprint density at radius 2 is 1.83 bits per heavy atom. The number of Topliss-reactive ketones (excluding diaryl/α,β-unsaturated/α-hetero) is 1. The molecule has 0 N–H and O–H groups in total. The molecule has 1 heterocycles. The van der Waals surface area contributed by atoms with Gasteiger partial charge in [0.25, 0.3) is 0 Å². The fraction of sp³-hybridized carbons (Fsp3) is 0.350. The minimum Gasteiger partial charge on any atom is -0.344 e. The molecule has 1 spiro atoms. The SMILES string of the molecule is C=C(c1cccc2ccccc12)C1COC2(CCC(=O)CC2)OO1. The highest BCUT2D eigenvalue weighted by Gasteiger charge is 2.43. The number of benzene rings is 2. The molecule has 2 aliphatic rings. The predicted molar refractivity (Wildman–Crippen MR) is 91.1 cm³/mol. The van der Waals surface area contributed by atoms with Crippen molar-refractivity contribution in [2.24, 2.45) is 0 Å². The van der Waals surface area contributed by atoms with Crippen molar-refractivity contribution in [2.75, 3.05) is 6.61 Å². The Morgan fingerprint density at radius 3 is 2.58 bits per heavy atom. The molecular weight excluding hydrogens is 304 g/mol. The summed E-state index contributed by atoms with van der Waals surface area (Å²) in [5, 5.41) is 2.30. The topological polar surface area (TPSA) is 44.8 Å². The highest BCUT2D eigenvalue weighted by Crippen LogP contribution is 2.37. The first kappa shape index (κ1) is 15.5. The zero-order valence-electron chi connectivity index (χ0n) is 13.5. The van der Waals surface area contributed by atoms with Gasteiger partial charge in [-0.3, -0.25) is 4.79 Å². The lowest BCUT2D eigenvalue weighted by molar-refractivity contribution is -0.481. The van der Waals surface area contributed by atoms with Crippen molar-refractivity contribution in [3.63, 3.8) is 0 Å². The molecule has 4 heteroatoms. The molecule has 1 saturated carbocycles. The average molecular weight is 324 g/mol. The van der Waals surface area contributed by atoms with Crippen LogP contribution in [0.3, 0.4) is 0 Å². The van der Waals surface area contributed by atoms with Gasteiger partial charge in [0.1, 0.15) is 11.9 Å². The van der Waals surface area contributed by atoms with E-state index in [9.17, 15) is 4.79 Å². The van der Waals surface area contributed by atoms with E-state index in [1.807, 2.05) is 24.3 Å². The minimum atomic E-state index is -0.760. The summed E-state index contributed by atoms with van der Waals surface area (Å²) >= 11 is 0. The van der Waals surface area contributed by atoms with Gasteiger partial charge in [-0.15, -0.1) is 0 Å².